The molecular formula is C20H26F3N5O3. The highest BCUT2D eigenvalue weighted by Gasteiger charge is 2.31. The van der Waals surface area contributed by atoms with Crippen molar-refractivity contribution in [2.24, 2.45) is 0 Å². The number of ether oxygens (including phenoxy) is 2. The highest BCUT2D eigenvalue weighted by molar-refractivity contribution is 5.66. The van der Waals surface area contributed by atoms with Gasteiger partial charge in [0.2, 0.25) is 5.95 Å². The summed E-state index contributed by atoms with van der Waals surface area (Å²) >= 11 is 0. The topological polar surface area (TPSA) is 91.8 Å². The Hall–Kier alpha value is -2.63. The van der Waals surface area contributed by atoms with Gasteiger partial charge in [0.05, 0.1) is 25.5 Å². The Morgan fingerprint density at radius 2 is 2.00 bits per heavy atom. The van der Waals surface area contributed by atoms with Crippen LogP contribution in [0.4, 0.5) is 24.9 Å². The lowest BCUT2D eigenvalue weighted by molar-refractivity contribution is -0.274. The molecule has 0 unspecified atom stereocenters. The molecular weight excluding hydrogens is 415 g/mol. The summed E-state index contributed by atoms with van der Waals surface area (Å²) in [5.74, 6) is 0.451. The first-order valence-corrected chi connectivity index (χ1v) is 9.99. The van der Waals surface area contributed by atoms with Gasteiger partial charge in [0.15, 0.2) is 0 Å². The van der Waals surface area contributed by atoms with Gasteiger partial charge in [-0.25, -0.2) is 4.98 Å². The number of hydrogen-bond donors (Lipinski definition) is 3. The Morgan fingerprint density at radius 3 is 2.71 bits per heavy atom. The summed E-state index contributed by atoms with van der Waals surface area (Å²) in [5.41, 5.74) is 0.865. The van der Waals surface area contributed by atoms with Crippen LogP contribution in [0.2, 0.25) is 0 Å². The predicted octanol–water partition coefficient (Wildman–Crippen LogP) is 2.58. The van der Waals surface area contributed by atoms with Crippen LogP contribution < -0.4 is 15.4 Å². The highest BCUT2D eigenvalue weighted by Crippen LogP contribution is 2.28. The van der Waals surface area contributed by atoms with Crippen molar-refractivity contribution in [1.29, 1.82) is 0 Å². The minimum Gasteiger partial charge on any atom is -0.406 e. The third-order valence-electron chi connectivity index (χ3n) is 4.58. The number of rotatable bonds is 9. The molecule has 0 saturated carbocycles. The summed E-state index contributed by atoms with van der Waals surface area (Å²) < 4.78 is 47.1. The quantitative estimate of drug-likeness (QED) is 0.547. The van der Waals surface area contributed by atoms with Crippen LogP contribution in [-0.4, -0.2) is 78.4 Å². The predicted molar refractivity (Wildman–Crippen MR) is 110 cm³/mol. The van der Waals surface area contributed by atoms with Crippen molar-refractivity contribution in [2.45, 2.75) is 19.3 Å². The smallest absolute Gasteiger partial charge is 0.406 e. The van der Waals surface area contributed by atoms with Gasteiger partial charge in [-0.2, -0.15) is 4.98 Å². The summed E-state index contributed by atoms with van der Waals surface area (Å²) in [6, 6.07) is 6.98. The fraction of sp³-hybridized carbons (Fsp3) is 0.500. The molecule has 8 nitrogen and oxygen atoms in total. The molecule has 0 bridgehead atoms. The van der Waals surface area contributed by atoms with Gasteiger partial charge in [-0.3, -0.25) is 4.90 Å². The number of aliphatic hydroxyl groups is 1. The molecule has 0 amide bonds. The molecule has 0 spiro atoms. The summed E-state index contributed by atoms with van der Waals surface area (Å²) in [6.45, 7) is 6.22. The van der Waals surface area contributed by atoms with E-state index in [1.807, 2.05) is 0 Å². The van der Waals surface area contributed by atoms with Crippen LogP contribution in [0, 0.1) is 0 Å². The average Bonchev–Trinajstić information content (AvgIpc) is 2.73. The fourth-order valence-electron chi connectivity index (χ4n) is 3.04. The minimum atomic E-state index is -4.78. The van der Waals surface area contributed by atoms with E-state index in [2.05, 4.69) is 30.2 Å². The van der Waals surface area contributed by atoms with Gasteiger partial charge in [0.25, 0.3) is 0 Å². The lowest BCUT2D eigenvalue weighted by Gasteiger charge is -2.26. The average molecular weight is 441 g/mol. The molecule has 3 N–H and O–H groups in total. The number of hydrogen-bond acceptors (Lipinski definition) is 8. The van der Waals surface area contributed by atoms with Crippen molar-refractivity contribution in [3.05, 3.63) is 30.3 Å². The van der Waals surface area contributed by atoms with Crippen LogP contribution in [-0.2, 0) is 4.74 Å². The molecule has 1 aromatic carbocycles. The number of nitrogens with one attached hydrogen (secondary N) is 2. The maximum Gasteiger partial charge on any atom is 0.573 e. The van der Waals surface area contributed by atoms with E-state index in [0.29, 0.717) is 36.8 Å². The number of halogens is 3. The van der Waals surface area contributed by atoms with E-state index in [0.717, 1.165) is 19.6 Å². The molecule has 1 fully saturated rings. The number of aliphatic hydroxyl groups excluding tert-OH is 1. The monoisotopic (exact) mass is 441 g/mol. The summed E-state index contributed by atoms with van der Waals surface area (Å²) in [5, 5.41) is 15.5. The van der Waals surface area contributed by atoms with Gasteiger partial charge in [-0.15, -0.1) is 13.2 Å². The summed E-state index contributed by atoms with van der Waals surface area (Å²) in [4.78, 5) is 11.1. The standard InChI is InChI=1S/C20H26F3N5O3/c1-14(13-29)25-19-26-17(15-3-2-4-16(11-15)31-20(21,22)23)12-18(27-19)24-5-6-28-7-9-30-10-8-28/h2-4,11-12,14,29H,5-10,13H2,1H3,(H2,24,25,26,27)/t14-/m0/s1. The van der Waals surface area contributed by atoms with Crippen molar-refractivity contribution in [1.82, 2.24) is 14.9 Å². The number of anilines is 2. The lowest BCUT2D eigenvalue weighted by Crippen LogP contribution is -2.39. The maximum atomic E-state index is 12.6. The van der Waals surface area contributed by atoms with Crippen molar-refractivity contribution in [2.75, 3.05) is 56.6 Å². The third kappa shape index (κ3) is 7.53. The van der Waals surface area contributed by atoms with Gasteiger partial charge in [-0.1, -0.05) is 12.1 Å². The molecule has 11 heteroatoms. The van der Waals surface area contributed by atoms with Crippen LogP contribution in [0.5, 0.6) is 5.75 Å². The van der Waals surface area contributed by atoms with Crippen LogP contribution >= 0.6 is 0 Å². The first kappa shape index (κ1) is 23.0. The molecule has 1 saturated heterocycles. The molecule has 170 valence electrons. The number of benzene rings is 1. The number of aromatic nitrogens is 2. The number of morpholine rings is 1. The number of nitrogens with zero attached hydrogens (tertiary/aromatic N) is 3. The Bertz CT molecular complexity index is 847. The second kappa shape index (κ2) is 10.6. The normalized spacial score (nSPS) is 16.0. The molecule has 1 aliphatic rings. The Labute approximate surface area is 178 Å². The molecule has 2 aromatic rings. The summed E-state index contributed by atoms with van der Waals surface area (Å²) in [7, 11) is 0. The van der Waals surface area contributed by atoms with Gasteiger partial charge in [0.1, 0.15) is 11.6 Å². The van der Waals surface area contributed by atoms with E-state index in [-0.39, 0.29) is 24.3 Å². The van der Waals surface area contributed by atoms with E-state index >= 15 is 0 Å². The molecule has 1 atom stereocenters. The third-order valence-corrected chi connectivity index (χ3v) is 4.58. The molecule has 31 heavy (non-hydrogen) atoms. The van der Waals surface area contributed by atoms with Crippen molar-refractivity contribution >= 4 is 11.8 Å². The Kier molecular flexibility index (Phi) is 7.88. The van der Waals surface area contributed by atoms with E-state index in [1.54, 1.807) is 19.1 Å². The van der Waals surface area contributed by atoms with E-state index < -0.39 is 6.36 Å². The van der Waals surface area contributed by atoms with Gasteiger partial charge >= 0.3 is 6.36 Å². The second-order valence-corrected chi connectivity index (χ2v) is 7.15. The van der Waals surface area contributed by atoms with Gasteiger partial charge in [0, 0.05) is 43.9 Å². The van der Waals surface area contributed by atoms with Crippen LogP contribution in [0.3, 0.4) is 0 Å². The van der Waals surface area contributed by atoms with E-state index in [9.17, 15) is 18.3 Å². The molecule has 0 aliphatic carbocycles. The first-order chi connectivity index (χ1) is 14.8. The van der Waals surface area contributed by atoms with Crippen LogP contribution in [0.1, 0.15) is 6.92 Å². The zero-order valence-electron chi connectivity index (χ0n) is 17.2. The molecule has 2 heterocycles. The van der Waals surface area contributed by atoms with Crippen molar-refractivity contribution in [3.8, 4) is 17.0 Å². The largest absolute Gasteiger partial charge is 0.573 e. The second-order valence-electron chi connectivity index (χ2n) is 7.15. The fourth-order valence-corrected chi connectivity index (χ4v) is 3.04. The molecule has 3 rings (SSSR count). The van der Waals surface area contributed by atoms with Gasteiger partial charge in [-0.05, 0) is 19.1 Å². The SMILES string of the molecule is C[C@@H](CO)Nc1nc(NCCN2CCOCC2)cc(-c2cccc(OC(F)(F)F)c2)n1. The summed E-state index contributed by atoms with van der Waals surface area (Å²) in [6.07, 6.45) is -4.78. The molecule has 0 radical (unpaired) electrons. The van der Waals surface area contributed by atoms with Crippen LogP contribution in [0.25, 0.3) is 11.3 Å². The van der Waals surface area contributed by atoms with Crippen molar-refractivity contribution in [3.63, 3.8) is 0 Å². The van der Waals surface area contributed by atoms with Gasteiger partial charge < -0.3 is 25.2 Å². The minimum absolute atomic E-state index is 0.123. The maximum absolute atomic E-state index is 12.6. The highest BCUT2D eigenvalue weighted by atomic mass is 19.4. The van der Waals surface area contributed by atoms with Crippen LogP contribution in [0.15, 0.2) is 30.3 Å². The Morgan fingerprint density at radius 1 is 1.23 bits per heavy atom. The molecule has 1 aromatic heterocycles. The zero-order valence-corrected chi connectivity index (χ0v) is 17.2. The zero-order chi connectivity index (χ0) is 22.3. The lowest BCUT2D eigenvalue weighted by atomic mass is 10.1. The van der Waals surface area contributed by atoms with Crippen molar-refractivity contribution < 1.29 is 27.8 Å². The number of alkyl halides is 3. The van der Waals surface area contributed by atoms with E-state index in [1.165, 1.54) is 18.2 Å². The first-order valence-electron chi connectivity index (χ1n) is 9.99. The molecule has 1 aliphatic heterocycles. The van der Waals surface area contributed by atoms with E-state index in [4.69, 9.17) is 4.74 Å². The Balaban J connectivity index is 1.78.